The Labute approximate surface area is 181 Å². The minimum absolute atomic E-state index is 0.0591. The Morgan fingerprint density at radius 1 is 0.700 bits per heavy atom. The van der Waals surface area contributed by atoms with Crippen LogP contribution in [-0.4, -0.2) is 83.0 Å². The second-order valence-corrected chi connectivity index (χ2v) is 8.88. The zero-order valence-electron chi connectivity index (χ0n) is 18.4. The summed E-state index contributed by atoms with van der Waals surface area (Å²) in [4.78, 5) is 7.85. The molecule has 0 amide bonds. The third-order valence-corrected chi connectivity index (χ3v) is 6.30. The minimum Gasteiger partial charge on any atom is -0.315 e. The van der Waals surface area contributed by atoms with Crippen LogP contribution in [0.3, 0.4) is 0 Å². The van der Waals surface area contributed by atoms with Gasteiger partial charge in [-0.1, -0.05) is 26.7 Å². The lowest BCUT2D eigenvalue weighted by molar-refractivity contribution is -0.247. The highest BCUT2D eigenvalue weighted by Crippen LogP contribution is 2.19. The third-order valence-electron chi connectivity index (χ3n) is 4.48. The first-order valence-corrected chi connectivity index (χ1v) is 12.3. The molecule has 0 aromatic rings. The average Bonchev–Trinajstić information content (AvgIpc) is 2.71. The zero-order chi connectivity index (χ0) is 22.5. The van der Waals surface area contributed by atoms with Crippen molar-refractivity contribution in [3.63, 3.8) is 0 Å². The van der Waals surface area contributed by atoms with Crippen molar-refractivity contribution in [2.45, 2.75) is 63.7 Å². The largest absolute Gasteiger partial charge is 0.315 e. The Hall–Kier alpha value is -0.410. The smallest absolute Gasteiger partial charge is 0.270 e. The van der Waals surface area contributed by atoms with Crippen molar-refractivity contribution in [1.82, 2.24) is 21.3 Å². The molecule has 182 valence electrons. The zero-order valence-corrected chi connectivity index (χ0v) is 19.2. The van der Waals surface area contributed by atoms with Gasteiger partial charge < -0.3 is 10.6 Å². The Morgan fingerprint density at radius 3 is 1.70 bits per heavy atom. The maximum Gasteiger partial charge on any atom is 0.270 e. The fourth-order valence-electron chi connectivity index (χ4n) is 2.95. The van der Waals surface area contributed by atoms with Gasteiger partial charge in [-0.2, -0.15) is 8.42 Å². The summed E-state index contributed by atoms with van der Waals surface area (Å²) in [6.45, 7) is 7.89. The molecular weight excluding hydrogens is 416 g/mol. The SMILES string of the molecule is CCCC(CCNCCNCOO)OS(=O)(=O)C(CCC)CCNCCNCOO. The molecule has 30 heavy (non-hydrogen) atoms. The molecular formula is C18H42N4O7S. The van der Waals surface area contributed by atoms with Gasteiger partial charge in [0.1, 0.15) is 13.5 Å². The Kier molecular flexibility index (Phi) is 20.2. The van der Waals surface area contributed by atoms with Gasteiger partial charge >= 0.3 is 0 Å². The van der Waals surface area contributed by atoms with E-state index in [1.165, 1.54) is 0 Å². The normalized spacial score (nSPS) is 14.1. The predicted molar refractivity (Wildman–Crippen MR) is 116 cm³/mol. The van der Waals surface area contributed by atoms with Crippen molar-refractivity contribution in [2.75, 3.05) is 52.7 Å². The molecule has 0 spiro atoms. The standard InChI is InChI=1S/C18H42N4O7S/c1-3-5-17(7-9-19-11-13-21-15-27-23)29-30(25,26)18(6-4-2)8-10-20-12-14-22-16-28-24/h17-24H,3-16H2,1-2H3. The van der Waals surface area contributed by atoms with Crippen molar-refractivity contribution in [3.05, 3.63) is 0 Å². The van der Waals surface area contributed by atoms with E-state index in [2.05, 4.69) is 31.0 Å². The third kappa shape index (κ3) is 16.3. The lowest BCUT2D eigenvalue weighted by Gasteiger charge is -2.22. The maximum atomic E-state index is 12.8. The van der Waals surface area contributed by atoms with Crippen molar-refractivity contribution >= 4 is 10.1 Å². The lowest BCUT2D eigenvalue weighted by atomic mass is 10.1. The first-order valence-electron chi connectivity index (χ1n) is 10.8. The molecule has 12 heteroatoms. The van der Waals surface area contributed by atoms with Gasteiger partial charge in [0, 0.05) is 26.2 Å². The van der Waals surface area contributed by atoms with E-state index in [0.29, 0.717) is 65.0 Å². The van der Waals surface area contributed by atoms with E-state index in [-0.39, 0.29) is 19.6 Å². The molecule has 0 radical (unpaired) electrons. The molecule has 0 aromatic heterocycles. The van der Waals surface area contributed by atoms with Crippen LogP contribution in [0.25, 0.3) is 0 Å². The number of hydrogen-bond acceptors (Lipinski definition) is 11. The molecule has 2 atom stereocenters. The van der Waals surface area contributed by atoms with Gasteiger partial charge in [-0.25, -0.2) is 9.78 Å². The number of rotatable bonds is 23. The summed E-state index contributed by atoms with van der Waals surface area (Å²) in [5.41, 5.74) is 0. The van der Waals surface area contributed by atoms with Gasteiger partial charge in [0.25, 0.3) is 10.1 Å². The first-order chi connectivity index (χ1) is 14.5. The summed E-state index contributed by atoms with van der Waals surface area (Å²) in [6, 6.07) is 0. The highest BCUT2D eigenvalue weighted by molar-refractivity contribution is 7.87. The molecule has 0 rings (SSSR count). The molecule has 0 bridgehead atoms. The van der Waals surface area contributed by atoms with Gasteiger partial charge in [-0.15, -0.1) is 0 Å². The van der Waals surface area contributed by atoms with Gasteiger partial charge in [-0.05, 0) is 38.8 Å². The Morgan fingerprint density at radius 2 is 1.20 bits per heavy atom. The van der Waals surface area contributed by atoms with Gasteiger partial charge in [0.15, 0.2) is 0 Å². The summed E-state index contributed by atoms with van der Waals surface area (Å²) in [6.07, 6.45) is 3.63. The van der Waals surface area contributed by atoms with Crippen LogP contribution in [0, 0.1) is 0 Å². The summed E-state index contributed by atoms with van der Waals surface area (Å²) in [5.74, 6) is 0. The van der Waals surface area contributed by atoms with Gasteiger partial charge in [0.05, 0.1) is 11.4 Å². The van der Waals surface area contributed by atoms with Crippen LogP contribution >= 0.6 is 0 Å². The van der Waals surface area contributed by atoms with E-state index in [1.54, 1.807) is 0 Å². The highest BCUT2D eigenvalue weighted by Gasteiger charge is 2.28. The van der Waals surface area contributed by atoms with Crippen LogP contribution in [-0.2, 0) is 24.1 Å². The molecule has 0 fully saturated rings. The quantitative estimate of drug-likeness (QED) is 0.0422. The molecule has 0 aliphatic carbocycles. The molecule has 0 saturated heterocycles. The number of hydrogen-bond donors (Lipinski definition) is 6. The van der Waals surface area contributed by atoms with Crippen molar-refractivity contribution in [1.29, 1.82) is 0 Å². The lowest BCUT2D eigenvalue weighted by Crippen LogP contribution is -2.35. The summed E-state index contributed by atoms with van der Waals surface area (Å²) >= 11 is 0. The van der Waals surface area contributed by atoms with E-state index in [1.807, 2.05) is 13.8 Å². The second kappa shape index (κ2) is 20.5. The molecule has 6 N–H and O–H groups in total. The van der Waals surface area contributed by atoms with Crippen LogP contribution in [0.4, 0.5) is 0 Å². The Bertz CT molecular complexity index is 471. The average molecular weight is 459 g/mol. The molecule has 0 aliphatic rings. The van der Waals surface area contributed by atoms with Crippen LogP contribution in [0.5, 0.6) is 0 Å². The molecule has 0 aliphatic heterocycles. The maximum absolute atomic E-state index is 12.8. The molecule has 0 heterocycles. The van der Waals surface area contributed by atoms with E-state index in [4.69, 9.17) is 14.7 Å². The Balaban J connectivity index is 4.39. The van der Waals surface area contributed by atoms with Gasteiger partial charge in [0.2, 0.25) is 0 Å². The fourth-order valence-corrected chi connectivity index (χ4v) is 4.61. The summed E-state index contributed by atoms with van der Waals surface area (Å²) < 4.78 is 31.3. The predicted octanol–water partition coefficient (Wildman–Crippen LogP) is 0.703. The number of nitrogens with one attached hydrogen (secondary N) is 4. The van der Waals surface area contributed by atoms with Crippen LogP contribution in [0.1, 0.15) is 52.4 Å². The molecule has 2 unspecified atom stereocenters. The van der Waals surface area contributed by atoms with E-state index in [9.17, 15) is 8.42 Å². The first kappa shape index (κ1) is 29.6. The van der Waals surface area contributed by atoms with E-state index < -0.39 is 15.4 Å². The summed E-state index contributed by atoms with van der Waals surface area (Å²) in [5, 5.41) is 28.1. The molecule has 11 nitrogen and oxygen atoms in total. The highest BCUT2D eigenvalue weighted by atomic mass is 32.2. The van der Waals surface area contributed by atoms with Crippen LogP contribution in [0.15, 0.2) is 0 Å². The summed E-state index contributed by atoms with van der Waals surface area (Å²) in [7, 11) is -3.66. The monoisotopic (exact) mass is 458 g/mol. The molecule has 0 aromatic carbocycles. The fraction of sp³-hybridized carbons (Fsp3) is 1.00. The van der Waals surface area contributed by atoms with Crippen molar-refractivity contribution in [2.24, 2.45) is 0 Å². The minimum atomic E-state index is -3.66. The van der Waals surface area contributed by atoms with Crippen LogP contribution in [0.2, 0.25) is 0 Å². The second-order valence-electron chi connectivity index (χ2n) is 7.03. The van der Waals surface area contributed by atoms with Crippen LogP contribution < -0.4 is 21.3 Å². The van der Waals surface area contributed by atoms with Gasteiger partial charge in [-0.3, -0.25) is 25.3 Å². The van der Waals surface area contributed by atoms with E-state index in [0.717, 1.165) is 12.8 Å². The molecule has 0 saturated carbocycles. The van der Waals surface area contributed by atoms with E-state index >= 15 is 0 Å². The topological polar surface area (TPSA) is 150 Å². The van der Waals surface area contributed by atoms with Crippen molar-refractivity contribution < 1.29 is 32.9 Å². The van der Waals surface area contributed by atoms with Crippen molar-refractivity contribution in [3.8, 4) is 0 Å².